The summed E-state index contributed by atoms with van der Waals surface area (Å²) in [6.07, 6.45) is 8.45. The van der Waals surface area contributed by atoms with E-state index in [0.29, 0.717) is 0 Å². The number of fused-ring (bicyclic) bond motifs is 13. The monoisotopic (exact) mass is 767 g/mol. The lowest BCUT2D eigenvalue weighted by Crippen LogP contribution is -2.28. The smallest absolute Gasteiger partial charge is 0.0726 e. The highest BCUT2D eigenvalue weighted by Gasteiger charge is 2.52. The van der Waals surface area contributed by atoms with Gasteiger partial charge >= 0.3 is 0 Å². The zero-order valence-corrected chi connectivity index (χ0v) is 34.3. The number of hydrogen-bond donors (Lipinski definition) is 0. The van der Waals surface area contributed by atoms with Crippen molar-refractivity contribution >= 4 is 17.1 Å². The molecule has 0 radical (unpaired) electrons. The van der Waals surface area contributed by atoms with Gasteiger partial charge in [-0.3, -0.25) is 0 Å². The molecule has 1 spiro atoms. The first-order chi connectivity index (χ1) is 29.5. The third-order valence-electron chi connectivity index (χ3n) is 13.4. The lowest BCUT2D eigenvalue weighted by atomic mass is 9.67. The van der Waals surface area contributed by atoms with Gasteiger partial charge in [0.15, 0.2) is 0 Å². The molecule has 8 aromatic rings. The Kier molecular flexibility index (Phi) is 8.19. The van der Waals surface area contributed by atoms with Gasteiger partial charge in [-0.2, -0.15) is 0 Å². The summed E-state index contributed by atoms with van der Waals surface area (Å²) in [5, 5.41) is 0. The fourth-order valence-corrected chi connectivity index (χ4v) is 11.1. The van der Waals surface area contributed by atoms with Crippen molar-refractivity contribution in [2.75, 3.05) is 4.90 Å². The maximum absolute atomic E-state index is 4.81. The van der Waals surface area contributed by atoms with E-state index in [9.17, 15) is 0 Å². The van der Waals surface area contributed by atoms with Crippen LogP contribution in [-0.2, 0) is 10.8 Å². The van der Waals surface area contributed by atoms with Gasteiger partial charge in [0.2, 0.25) is 0 Å². The van der Waals surface area contributed by atoms with Crippen molar-refractivity contribution in [3.05, 3.63) is 269 Å². The molecule has 8 aromatic carbocycles. The Morgan fingerprint density at radius 3 is 1.60 bits per heavy atom. The van der Waals surface area contributed by atoms with Crippen molar-refractivity contribution < 1.29 is 0 Å². The first-order valence-corrected chi connectivity index (χ1v) is 21.1. The lowest BCUT2D eigenvalue weighted by molar-refractivity contribution is 0.770. The van der Waals surface area contributed by atoms with Crippen molar-refractivity contribution in [3.63, 3.8) is 0 Å². The maximum Gasteiger partial charge on any atom is 0.0726 e. The van der Waals surface area contributed by atoms with Crippen LogP contribution in [0, 0.1) is 13.8 Å². The maximum atomic E-state index is 4.81. The topological polar surface area (TPSA) is 3.24 Å². The number of benzene rings is 8. The first kappa shape index (κ1) is 35.9. The van der Waals surface area contributed by atoms with E-state index in [1.54, 1.807) is 0 Å². The van der Waals surface area contributed by atoms with E-state index in [4.69, 9.17) is 6.58 Å². The van der Waals surface area contributed by atoms with Gasteiger partial charge in [0.25, 0.3) is 0 Å². The summed E-state index contributed by atoms with van der Waals surface area (Å²) in [7, 11) is 0. The number of nitrogens with zero attached hydrogens (tertiary/aromatic N) is 1. The van der Waals surface area contributed by atoms with Gasteiger partial charge in [0, 0.05) is 17.1 Å². The Morgan fingerprint density at radius 2 is 0.983 bits per heavy atom. The number of rotatable bonds is 7. The second-order valence-electron chi connectivity index (χ2n) is 16.5. The summed E-state index contributed by atoms with van der Waals surface area (Å²) >= 11 is 0. The summed E-state index contributed by atoms with van der Waals surface area (Å²) in [4.78, 5) is 2.49. The highest BCUT2D eigenvalue weighted by atomic mass is 15.1. The number of anilines is 3. The Balaban J connectivity index is 1.17. The predicted octanol–water partition coefficient (Wildman–Crippen LogP) is 15.1. The van der Waals surface area contributed by atoms with Crippen molar-refractivity contribution in [2.45, 2.75) is 31.6 Å². The molecule has 60 heavy (non-hydrogen) atoms. The predicted molar refractivity (Wildman–Crippen MR) is 252 cm³/mol. The molecule has 3 aliphatic rings. The van der Waals surface area contributed by atoms with Gasteiger partial charge in [0.1, 0.15) is 0 Å². The fraction of sp³-hybridized carbons (Fsp3) is 0.0847. The largest absolute Gasteiger partial charge is 0.310 e. The third-order valence-corrected chi connectivity index (χ3v) is 13.4. The number of allylic oxidation sites excluding steroid dienone is 5. The minimum absolute atomic E-state index is 0.434. The van der Waals surface area contributed by atoms with E-state index in [1.165, 1.54) is 83.5 Å². The number of aryl methyl sites for hydroxylation is 2. The van der Waals surface area contributed by atoms with Crippen LogP contribution in [0.2, 0.25) is 0 Å². The molecule has 0 aliphatic heterocycles. The normalized spacial score (nSPS) is 16.1. The van der Waals surface area contributed by atoms with Crippen molar-refractivity contribution in [1.29, 1.82) is 0 Å². The van der Waals surface area contributed by atoms with Crippen LogP contribution < -0.4 is 4.90 Å². The van der Waals surface area contributed by atoms with Gasteiger partial charge in [0.05, 0.1) is 10.8 Å². The molecular weight excluding hydrogens is 723 g/mol. The Bertz CT molecular complexity index is 3040. The van der Waals surface area contributed by atoms with E-state index in [1.807, 2.05) is 0 Å². The molecule has 0 N–H and O–H groups in total. The van der Waals surface area contributed by atoms with Crippen LogP contribution in [0.25, 0.3) is 33.4 Å². The molecule has 3 aliphatic carbocycles. The summed E-state index contributed by atoms with van der Waals surface area (Å²) in [5.41, 5.74) is 22.7. The zero-order chi connectivity index (χ0) is 40.6. The van der Waals surface area contributed by atoms with Crippen LogP contribution in [0.5, 0.6) is 0 Å². The van der Waals surface area contributed by atoms with Crippen molar-refractivity contribution in [1.82, 2.24) is 0 Å². The molecule has 1 nitrogen and oxygen atoms in total. The minimum atomic E-state index is -0.552. The Morgan fingerprint density at radius 1 is 0.467 bits per heavy atom. The van der Waals surface area contributed by atoms with Crippen LogP contribution in [-0.4, -0.2) is 0 Å². The van der Waals surface area contributed by atoms with Crippen LogP contribution in [0.4, 0.5) is 17.1 Å². The van der Waals surface area contributed by atoms with Crippen molar-refractivity contribution in [2.24, 2.45) is 0 Å². The fourth-order valence-electron chi connectivity index (χ4n) is 11.1. The van der Waals surface area contributed by atoms with Gasteiger partial charge in [-0.25, -0.2) is 0 Å². The molecular formula is C59H45N. The minimum Gasteiger partial charge on any atom is -0.310 e. The molecule has 1 unspecified atom stereocenters. The molecule has 0 heterocycles. The Hall–Kier alpha value is -7.22. The molecule has 0 fully saturated rings. The van der Waals surface area contributed by atoms with Crippen LogP contribution >= 0.6 is 0 Å². The average molecular weight is 768 g/mol. The molecule has 0 aromatic heterocycles. The third kappa shape index (κ3) is 4.87. The molecule has 11 rings (SSSR count). The molecule has 0 saturated carbocycles. The second kappa shape index (κ2) is 13.7. The molecule has 1 atom stereocenters. The Labute approximate surface area is 354 Å². The van der Waals surface area contributed by atoms with Crippen LogP contribution in [0.15, 0.2) is 218 Å². The van der Waals surface area contributed by atoms with Gasteiger partial charge in [-0.05, 0) is 135 Å². The lowest BCUT2D eigenvalue weighted by Gasteiger charge is -2.35. The van der Waals surface area contributed by atoms with Gasteiger partial charge in [-0.1, -0.05) is 188 Å². The SMILES string of the molecule is C=C(/C=C\C=C/C)C1(c2ccccc2)c2ccccc2-c2cc(N(c3ccc4c(c3)C3(c5ccccc5-c5ccccc53)c3ccccc3-4)c3ccc(C)cc3C)ccc21. The average Bonchev–Trinajstić information content (AvgIpc) is 3.87. The summed E-state index contributed by atoms with van der Waals surface area (Å²) in [5.74, 6) is 0. The summed E-state index contributed by atoms with van der Waals surface area (Å²) in [6, 6.07) is 68.2. The quantitative estimate of drug-likeness (QED) is 0.146. The number of hydrogen-bond acceptors (Lipinski definition) is 1. The second-order valence-corrected chi connectivity index (χ2v) is 16.5. The van der Waals surface area contributed by atoms with Gasteiger partial charge in [-0.15, -0.1) is 0 Å². The van der Waals surface area contributed by atoms with Gasteiger partial charge < -0.3 is 4.90 Å². The van der Waals surface area contributed by atoms with E-state index in [2.05, 4.69) is 232 Å². The van der Waals surface area contributed by atoms with Crippen molar-refractivity contribution in [3.8, 4) is 33.4 Å². The highest BCUT2D eigenvalue weighted by molar-refractivity contribution is 5.97. The summed E-state index contributed by atoms with van der Waals surface area (Å²) in [6.45, 7) is 11.3. The van der Waals surface area contributed by atoms with Crippen LogP contribution in [0.1, 0.15) is 57.0 Å². The zero-order valence-electron chi connectivity index (χ0n) is 34.3. The van der Waals surface area contributed by atoms with Crippen LogP contribution in [0.3, 0.4) is 0 Å². The van der Waals surface area contributed by atoms with E-state index >= 15 is 0 Å². The van der Waals surface area contributed by atoms with E-state index in [0.717, 1.165) is 22.6 Å². The van der Waals surface area contributed by atoms with E-state index < -0.39 is 10.8 Å². The summed E-state index contributed by atoms with van der Waals surface area (Å²) < 4.78 is 0. The molecule has 286 valence electrons. The molecule has 0 bridgehead atoms. The van der Waals surface area contributed by atoms with E-state index in [-0.39, 0.29) is 0 Å². The first-order valence-electron chi connectivity index (χ1n) is 21.1. The standard InChI is InChI=1S/C59H45N/c1-5-6-8-19-41(4)58(42-20-9-7-10-21-42)51-26-15-14-25-48(51)50-37-43(32-34-55(50)58)60(57-35-30-39(2)36-40(57)3)44-31-33-49-47-24-13-18-29-54(47)59(56(49)38-44)52-27-16-11-22-45(52)46-23-12-17-28-53(46)59/h5-38H,4H2,1-3H3/b6-5-,19-8-. The molecule has 0 saturated heterocycles. The molecule has 1 heteroatoms. The highest BCUT2D eigenvalue weighted by Crippen LogP contribution is 2.64. The molecule has 0 amide bonds.